The van der Waals surface area contributed by atoms with Gasteiger partial charge in [0.15, 0.2) is 5.41 Å². The Morgan fingerprint density at radius 2 is 2.14 bits per heavy atom. The average Bonchev–Trinajstić information content (AvgIpc) is 2.97. The number of carbonyl (C=O) groups is 3. The maximum absolute atomic E-state index is 12.9. The van der Waals surface area contributed by atoms with Crippen LogP contribution in [-0.4, -0.2) is 42.4 Å². The van der Waals surface area contributed by atoms with Crippen LogP contribution in [0.25, 0.3) is 0 Å². The van der Waals surface area contributed by atoms with E-state index in [-0.39, 0.29) is 11.8 Å². The third-order valence-corrected chi connectivity index (χ3v) is 4.63. The highest BCUT2D eigenvalue weighted by Crippen LogP contribution is 2.45. The third kappa shape index (κ3) is 1.76. The van der Waals surface area contributed by atoms with Crippen LogP contribution >= 0.6 is 0 Å². The zero-order valence-corrected chi connectivity index (χ0v) is 12.8. The molecule has 6 heteroatoms. The summed E-state index contributed by atoms with van der Waals surface area (Å²) < 4.78 is 4.70. The summed E-state index contributed by atoms with van der Waals surface area (Å²) in [6.45, 7) is 3.90. The summed E-state index contributed by atoms with van der Waals surface area (Å²) in [6, 6.07) is 4.88. The molecule has 0 aliphatic carbocycles. The van der Waals surface area contributed by atoms with Crippen molar-refractivity contribution in [3.05, 3.63) is 29.3 Å². The Morgan fingerprint density at radius 1 is 1.41 bits per heavy atom. The molecule has 1 fully saturated rings. The summed E-state index contributed by atoms with van der Waals surface area (Å²) in [5.74, 6) is -1.11. The molecule has 2 unspecified atom stereocenters. The lowest BCUT2D eigenvalue weighted by molar-refractivity contribution is -0.152. The largest absolute Gasteiger partial charge is 0.467 e. The quantitative estimate of drug-likeness (QED) is 0.652. The van der Waals surface area contributed by atoms with Gasteiger partial charge in [0.25, 0.3) is 0 Å². The Kier molecular flexibility index (Phi) is 3.20. The number of anilines is 1. The van der Waals surface area contributed by atoms with Crippen LogP contribution < -0.4 is 5.32 Å². The number of nitrogens with zero attached hydrogens (tertiary/aromatic N) is 1. The normalized spacial score (nSPS) is 24.4. The van der Waals surface area contributed by atoms with Crippen LogP contribution in [0.15, 0.2) is 18.2 Å². The first-order valence-electron chi connectivity index (χ1n) is 7.23. The topological polar surface area (TPSA) is 75.7 Å². The molecule has 2 heterocycles. The molecule has 1 aromatic rings. The van der Waals surface area contributed by atoms with Crippen LogP contribution in [0, 0.1) is 6.92 Å². The highest BCUT2D eigenvalue weighted by Gasteiger charge is 2.59. The van der Waals surface area contributed by atoms with Crippen molar-refractivity contribution in [2.24, 2.45) is 0 Å². The molecule has 116 valence electrons. The molecule has 3 rings (SSSR count). The number of carbonyl (C=O) groups excluding carboxylic acids is 3. The lowest BCUT2D eigenvalue weighted by atomic mass is 9.80. The Labute approximate surface area is 128 Å². The first kappa shape index (κ1) is 14.6. The molecule has 0 radical (unpaired) electrons. The van der Waals surface area contributed by atoms with Crippen LogP contribution in [0.3, 0.4) is 0 Å². The zero-order chi connectivity index (χ0) is 16.1. The monoisotopic (exact) mass is 302 g/mol. The van der Waals surface area contributed by atoms with E-state index >= 15 is 0 Å². The van der Waals surface area contributed by atoms with Crippen LogP contribution in [0.4, 0.5) is 5.69 Å². The second-order valence-corrected chi connectivity index (χ2v) is 5.86. The van der Waals surface area contributed by atoms with Crippen LogP contribution in [0.2, 0.25) is 0 Å². The number of methoxy groups -OCH3 is 1. The van der Waals surface area contributed by atoms with Crippen LogP contribution in [0.5, 0.6) is 0 Å². The van der Waals surface area contributed by atoms with E-state index in [1.165, 1.54) is 12.0 Å². The Hall–Kier alpha value is -2.37. The van der Waals surface area contributed by atoms with E-state index in [0.29, 0.717) is 24.2 Å². The van der Waals surface area contributed by atoms with Crippen molar-refractivity contribution >= 4 is 23.5 Å². The number of hydrogen-bond donors (Lipinski definition) is 1. The van der Waals surface area contributed by atoms with E-state index in [1.54, 1.807) is 6.92 Å². The Bertz CT molecular complexity index is 685. The predicted octanol–water partition coefficient (Wildman–Crippen LogP) is 0.979. The molecule has 6 nitrogen and oxygen atoms in total. The van der Waals surface area contributed by atoms with Crippen molar-refractivity contribution in [2.75, 3.05) is 19.0 Å². The number of aryl methyl sites for hydroxylation is 1. The summed E-state index contributed by atoms with van der Waals surface area (Å²) in [6.07, 6.45) is 0.370. The van der Waals surface area contributed by atoms with Gasteiger partial charge in [-0.1, -0.05) is 12.1 Å². The van der Waals surface area contributed by atoms with Gasteiger partial charge in [-0.25, -0.2) is 4.79 Å². The first-order chi connectivity index (χ1) is 10.4. The van der Waals surface area contributed by atoms with Gasteiger partial charge in [-0.2, -0.15) is 0 Å². The summed E-state index contributed by atoms with van der Waals surface area (Å²) in [7, 11) is 1.29. The number of rotatable bonds is 2. The van der Waals surface area contributed by atoms with Gasteiger partial charge in [-0.3, -0.25) is 9.59 Å². The van der Waals surface area contributed by atoms with Gasteiger partial charge in [0, 0.05) is 17.8 Å². The summed E-state index contributed by atoms with van der Waals surface area (Å²) in [4.78, 5) is 38.6. The highest BCUT2D eigenvalue weighted by molar-refractivity contribution is 6.22. The molecule has 1 spiro atoms. The van der Waals surface area contributed by atoms with Crippen LogP contribution in [0.1, 0.15) is 24.5 Å². The minimum Gasteiger partial charge on any atom is -0.467 e. The second-order valence-electron chi connectivity index (χ2n) is 5.86. The Morgan fingerprint density at radius 3 is 2.82 bits per heavy atom. The van der Waals surface area contributed by atoms with Gasteiger partial charge in [-0.05, 0) is 31.9 Å². The SMILES string of the molecule is COC(=O)C(C)N1CCC2(C(=O)Nc3cc(C)ccc32)C1=O. The van der Waals surface area contributed by atoms with E-state index < -0.39 is 17.4 Å². The first-order valence-corrected chi connectivity index (χ1v) is 7.23. The van der Waals surface area contributed by atoms with Crippen molar-refractivity contribution in [1.29, 1.82) is 0 Å². The fraction of sp³-hybridized carbons (Fsp3) is 0.438. The second kappa shape index (κ2) is 4.83. The van der Waals surface area contributed by atoms with Gasteiger partial charge >= 0.3 is 5.97 Å². The number of esters is 1. The molecule has 22 heavy (non-hydrogen) atoms. The fourth-order valence-corrected chi connectivity index (χ4v) is 3.35. The van der Waals surface area contributed by atoms with E-state index in [2.05, 4.69) is 5.32 Å². The highest BCUT2D eigenvalue weighted by atomic mass is 16.5. The van der Waals surface area contributed by atoms with E-state index in [0.717, 1.165) is 5.56 Å². The molecule has 2 atom stereocenters. The van der Waals surface area contributed by atoms with Gasteiger partial charge in [0.2, 0.25) is 11.8 Å². The number of ether oxygens (including phenoxy) is 1. The minimum absolute atomic E-state index is 0.308. The predicted molar refractivity (Wildman–Crippen MR) is 79.3 cm³/mol. The molecular weight excluding hydrogens is 284 g/mol. The number of fused-ring (bicyclic) bond motifs is 2. The van der Waals surface area contributed by atoms with Gasteiger partial charge < -0.3 is 15.0 Å². The van der Waals surface area contributed by atoms with Gasteiger partial charge in [0.05, 0.1) is 7.11 Å². The van der Waals surface area contributed by atoms with Crippen molar-refractivity contribution in [3.63, 3.8) is 0 Å². The molecule has 2 amide bonds. The van der Waals surface area contributed by atoms with Gasteiger partial charge in [-0.15, -0.1) is 0 Å². The van der Waals surface area contributed by atoms with Crippen molar-refractivity contribution in [1.82, 2.24) is 4.90 Å². The van der Waals surface area contributed by atoms with E-state index in [4.69, 9.17) is 4.74 Å². The summed E-state index contributed by atoms with van der Waals surface area (Å²) in [5.41, 5.74) is 1.20. The molecule has 0 saturated carbocycles. The average molecular weight is 302 g/mol. The van der Waals surface area contributed by atoms with E-state index in [1.807, 2.05) is 25.1 Å². The van der Waals surface area contributed by atoms with Crippen molar-refractivity contribution in [2.45, 2.75) is 31.7 Å². The van der Waals surface area contributed by atoms with E-state index in [9.17, 15) is 14.4 Å². The molecule has 1 saturated heterocycles. The zero-order valence-electron chi connectivity index (χ0n) is 12.8. The van der Waals surface area contributed by atoms with Gasteiger partial charge in [0.1, 0.15) is 6.04 Å². The molecule has 1 N–H and O–H groups in total. The number of likely N-dealkylation sites (tertiary alicyclic amines) is 1. The molecular formula is C16H18N2O4. The molecule has 0 bridgehead atoms. The standard InChI is InChI=1S/C16H18N2O4/c1-9-4-5-11-12(8-9)17-14(20)16(11)6-7-18(15(16)21)10(2)13(19)22-3/h4-5,8,10H,6-7H2,1-3H3,(H,17,20). The number of hydrogen-bond acceptors (Lipinski definition) is 4. The summed E-state index contributed by atoms with van der Waals surface area (Å²) in [5, 5.41) is 2.80. The smallest absolute Gasteiger partial charge is 0.328 e. The Balaban J connectivity index is 2.01. The molecule has 0 aromatic heterocycles. The number of benzene rings is 1. The maximum Gasteiger partial charge on any atom is 0.328 e. The third-order valence-electron chi connectivity index (χ3n) is 4.63. The molecule has 2 aliphatic heterocycles. The lowest BCUT2D eigenvalue weighted by Crippen LogP contribution is -2.47. The number of nitrogens with one attached hydrogen (secondary N) is 1. The maximum atomic E-state index is 12.9. The fourth-order valence-electron chi connectivity index (χ4n) is 3.35. The van der Waals surface area contributed by atoms with Crippen molar-refractivity contribution < 1.29 is 19.1 Å². The molecule has 2 aliphatic rings. The summed E-state index contributed by atoms with van der Waals surface area (Å²) >= 11 is 0. The number of amides is 2. The lowest BCUT2D eigenvalue weighted by Gasteiger charge is -2.25. The minimum atomic E-state index is -1.20. The van der Waals surface area contributed by atoms with Crippen molar-refractivity contribution in [3.8, 4) is 0 Å². The van der Waals surface area contributed by atoms with Crippen LogP contribution in [-0.2, 0) is 24.5 Å². The molecule has 1 aromatic carbocycles.